The molecule has 0 aliphatic carbocycles. The number of carbonyl (C=O) groups excluding carboxylic acids is 1. The second-order valence-corrected chi connectivity index (χ2v) is 5.86. The van der Waals surface area contributed by atoms with Crippen molar-refractivity contribution >= 4 is 28.6 Å². The predicted molar refractivity (Wildman–Crippen MR) is 82.2 cm³/mol. The second-order valence-electron chi connectivity index (χ2n) is 4.93. The van der Waals surface area contributed by atoms with Gasteiger partial charge in [0.1, 0.15) is 5.01 Å². The van der Waals surface area contributed by atoms with Crippen LogP contribution in [0.1, 0.15) is 30.8 Å². The van der Waals surface area contributed by atoms with Crippen LogP contribution in [0.25, 0.3) is 0 Å². The third kappa shape index (κ3) is 2.67. The number of nitrogens with one attached hydrogen (secondary N) is 1. The molecule has 0 bridgehead atoms. The number of thiazole rings is 1. The molecular weight excluding hydrogens is 270 g/mol. The lowest BCUT2D eigenvalue weighted by Crippen LogP contribution is -2.23. The van der Waals surface area contributed by atoms with Crippen LogP contribution < -0.4 is 10.2 Å². The van der Waals surface area contributed by atoms with Crippen LogP contribution in [0.5, 0.6) is 0 Å². The van der Waals surface area contributed by atoms with Gasteiger partial charge < -0.3 is 10.2 Å². The van der Waals surface area contributed by atoms with Gasteiger partial charge in [-0.2, -0.15) is 0 Å². The maximum absolute atomic E-state index is 11.7. The molecule has 3 rings (SSSR count). The number of anilines is 2. The maximum Gasteiger partial charge on any atom is 0.227 e. The van der Waals surface area contributed by atoms with Gasteiger partial charge in [0.2, 0.25) is 5.91 Å². The lowest BCUT2D eigenvalue weighted by Gasteiger charge is -2.17. The molecular formula is C15H17N3OS. The zero-order chi connectivity index (χ0) is 13.9. The second kappa shape index (κ2) is 5.63. The topological polar surface area (TPSA) is 45.2 Å². The van der Waals surface area contributed by atoms with E-state index in [1.165, 1.54) is 0 Å². The maximum atomic E-state index is 11.7. The highest BCUT2D eigenvalue weighted by atomic mass is 32.1. The summed E-state index contributed by atoms with van der Waals surface area (Å²) in [7, 11) is 0. The molecule has 0 saturated carbocycles. The fourth-order valence-electron chi connectivity index (χ4n) is 2.42. The van der Waals surface area contributed by atoms with Gasteiger partial charge >= 0.3 is 0 Å². The molecule has 1 unspecified atom stereocenters. The first kappa shape index (κ1) is 13.1. The third-order valence-electron chi connectivity index (χ3n) is 3.46. The van der Waals surface area contributed by atoms with Gasteiger partial charge in [-0.1, -0.05) is 0 Å². The average molecular weight is 287 g/mol. The van der Waals surface area contributed by atoms with Gasteiger partial charge in [0.05, 0.1) is 6.04 Å². The van der Waals surface area contributed by atoms with Crippen molar-refractivity contribution in [2.75, 3.05) is 16.8 Å². The number of nitrogens with zero attached hydrogens (tertiary/aromatic N) is 2. The van der Waals surface area contributed by atoms with Crippen molar-refractivity contribution in [1.82, 2.24) is 4.98 Å². The van der Waals surface area contributed by atoms with Crippen molar-refractivity contribution in [2.45, 2.75) is 25.8 Å². The minimum atomic E-state index is 0.189. The van der Waals surface area contributed by atoms with Crippen LogP contribution in [-0.2, 0) is 4.79 Å². The first-order valence-corrected chi connectivity index (χ1v) is 7.68. The molecule has 1 amide bonds. The summed E-state index contributed by atoms with van der Waals surface area (Å²) in [6, 6.07) is 8.23. The fraction of sp³-hybridized carbons (Fsp3) is 0.333. The molecule has 1 atom stereocenters. The van der Waals surface area contributed by atoms with Crippen LogP contribution in [0.2, 0.25) is 0 Å². The molecule has 1 aliphatic heterocycles. The molecule has 104 valence electrons. The molecule has 0 spiro atoms. The number of carbonyl (C=O) groups is 1. The van der Waals surface area contributed by atoms with Crippen molar-refractivity contribution in [3.05, 3.63) is 40.8 Å². The van der Waals surface area contributed by atoms with E-state index in [1.807, 2.05) is 40.7 Å². The molecule has 4 nitrogen and oxygen atoms in total. The Bertz CT molecular complexity index is 580. The standard InChI is InChI=1S/C15H17N3OS/c1-11(15-16-8-10-20-15)17-12-4-6-13(7-5-12)18-9-2-3-14(18)19/h4-8,10-11,17H,2-3,9H2,1H3. The Balaban J connectivity index is 1.68. The van der Waals surface area contributed by atoms with Gasteiger partial charge in [-0.25, -0.2) is 4.98 Å². The van der Waals surface area contributed by atoms with Crippen LogP contribution in [0, 0.1) is 0 Å². The minimum absolute atomic E-state index is 0.189. The van der Waals surface area contributed by atoms with Gasteiger partial charge in [-0.05, 0) is 37.6 Å². The molecule has 2 heterocycles. The Kier molecular flexibility index (Phi) is 3.69. The Labute approximate surface area is 122 Å². The van der Waals surface area contributed by atoms with Crippen molar-refractivity contribution in [3.63, 3.8) is 0 Å². The number of aromatic nitrogens is 1. The van der Waals surface area contributed by atoms with Crippen molar-refractivity contribution in [3.8, 4) is 0 Å². The van der Waals surface area contributed by atoms with E-state index < -0.39 is 0 Å². The van der Waals surface area contributed by atoms with Gasteiger partial charge in [0, 0.05) is 35.9 Å². The van der Waals surface area contributed by atoms with E-state index in [0.717, 1.165) is 29.3 Å². The average Bonchev–Trinajstić information content (AvgIpc) is 3.11. The highest BCUT2D eigenvalue weighted by Gasteiger charge is 2.21. The van der Waals surface area contributed by atoms with E-state index in [-0.39, 0.29) is 11.9 Å². The Morgan fingerprint density at radius 1 is 1.35 bits per heavy atom. The smallest absolute Gasteiger partial charge is 0.227 e. The summed E-state index contributed by atoms with van der Waals surface area (Å²) >= 11 is 1.65. The molecule has 0 radical (unpaired) electrons. The molecule has 1 fully saturated rings. The lowest BCUT2D eigenvalue weighted by molar-refractivity contribution is -0.117. The van der Waals surface area contributed by atoms with Gasteiger partial charge in [-0.3, -0.25) is 4.79 Å². The third-order valence-corrected chi connectivity index (χ3v) is 4.42. The highest BCUT2D eigenvalue weighted by Crippen LogP contribution is 2.25. The summed E-state index contributed by atoms with van der Waals surface area (Å²) in [5.74, 6) is 0.224. The molecule has 2 aromatic rings. The lowest BCUT2D eigenvalue weighted by atomic mass is 10.2. The molecule has 20 heavy (non-hydrogen) atoms. The van der Waals surface area contributed by atoms with Crippen molar-refractivity contribution in [1.29, 1.82) is 0 Å². The summed E-state index contributed by atoms with van der Waals surface area (Å²) < 4.78 is 0. The number of benzene rings is 1. The van der Waals surface area contributed by atoms with E-state index in [9.17, 15) is 4.79 Å². The number of amides is 1. The molecule has 1 aliphatic rings. The molecule has 5 heteroatoms. The summed E-state index contributed by atoms with van der Waals surface area (Å²) in [6.07, 6.45) is 3.45. The van der Waals surface area contributed by atoms with E-state index >= 15 is 0 Å². The zero-order valence-corrected chi connectivity index (χ0v) is 12.2. The van der Waals surface area contributed by atoms with Crippen LogP contribution in [0.4, 0.5) is 11.4 Å². The zero-order valence-electron chi connectivity index (χ0n) is 11.4. The van der Waals surface area contributed by atoms with Crippen LogP contribution in [0.3, 0.4) is 0 Å². The summed E-state index contributed by atoms with van der Waals surface area (Å²) in [6.45, 7) is 2.93. The van der Waals surface area contributed by atoms with E-state index in [1.54, 1.807) is 11.3 Å². The fourth-order valence-corrected chi connectivity index (χ4v) is 3.06. The van der Waals surface area contributed by atoms with Crippen LogP contribution >= 0.6 is 11.3 Å². The van der Waals surface area contributed by atoms with Gasteiger partial charge in [0.15, 0.2) is 0 Å². The Morgan fingerprint density at radius 3 is 2.75 bits per heavy atom. The number of hydrogen-bond acceptors (Lipinski definition) is 4. The molecule has 1 aromatic carbocycles. The monoisotopic (exact) mass is 287 g/mol. The van der Waals surface area contributed by atoms with E-state index in [4.69, 9.17) is 0 Å². The molecule has 1 saturated heterocycles. The quantitative estimate of drug-likeness (QED) is 0.937. The van der Waals surface area contributed by atoms with E-state index in [2.05, 4.69) is 17.2 Å². The summed E-state index contributed by atoms with van der Waals surface area (Å²) in [5.41, 5.74) is 2.03. The Hall–Kier alpha value is -1.88. The normalized spacial score (nSPS) is 16.4. The largest absolute Gasteiger partial charge is 0.376 e. The Morgan fingerprint density at radius 2 is 2.15 bits per heavy atom. The predicted octanol–water partition coefficient (Wildman–Crippen LogP) is 3.44. The van der Waals surface area contributed by atoms with Crippen molar-refractivity contribution < 1.29 is 4.79 Å². The minimum Gasteiger partial charge on any atom is -0.376 e. The van der Waals surface area contributed by atoms with Gasteiger partial charge in [-0.15, -0.1) is 11.3 Å². The molecule has 1 N–H and O–H groups in total. The van der Waals surface area contributed by atoms with Crippen LogP contribution in [-0.4, -0.2) is 17.4 Å². The number of rotatable bonds is 4. The first-order chi connectivity index (χ1) is 9.74. The van der Waals surface area contributed by atoms with Crippen LogP contribution in [0.15, 0.2) is 35.8 Å². The molecule has 1 aromatic heterocycles. The summed E-state index contributed by atoms with van der Waals surface area (Å²) in [5, 5.41) is 6.47. The van der Waals surface area contributed by atoms with Crippen molar-refractivity contribution in [2.24, 2.45) is 0 Å². The highest BCUT2D eigenvalue weighted by molar-refractivity contribution is 7.09. The van der Waals surface area contributed by atoms with E-state index in [0.29, 0.717) is 6.42 Å². The van der Waals surface area contributed by atoms with Gasteiger partial charge in [0.25, 0.3) is 0 Å². The first-order valence-electron chi connectivity index (χ1n) is 6.80. The number of hydrogen-bond donors (Lipinski definition) is 1. The SMILES string of the molecule is CC(Nc1ccc(N2CCCC2=O)cc1)c1nccs1. The summed E-state index contributed by atoms with van der Waals surface area (Å²) in [4.78, 5) is 17.9.